The van der Waals surface area contributed by atoms with Gasteiger partial charge in [0.05, 0.1) is 18.8 Å². The SMILES string of the molecule is CNC(=O)c1ccc(CN(C)[C@@H](C)C(=O)c2cc(C)n(Cc3ccco3)c2C)cc1. The summed E-state index contributed by atoms with van der Waals surface area (Å²) in [5.41, 5.74) is 4.40. The predicted molar refractivity (Wildman–Crippen MR) is 117 cm³/mol. The highest BCUT2D eigenvalue weighted by atomic mass is 16.3. The van der Waals surface area contributed by atoms with E-state index in [-0.39, 0.29) is 17.7 Å². The lowest BCUT2D eigenvalue weighted by molar-refractivity contribution is 0.0861. The number of amides is 1. The Hall–Kier alpha value is -3.12. The summed E-state index contributed by atoms with van der Waals surface area (Å²) in [5.74, 6) is 0.850. The Morgan fingerprint density at radius 3 is 2.47 bits per heavy atom. The lowest BCUT2D eigenvalue weighted by Crippen LogP contribution is -2.35. The molecule has 6 heteroatoms. The predicted octanol–water partition coefficient (Wildman–Crippen LogP) is 3.81. The molecular weight excluding hydrogens is 378 g/mol. The van der Waals surface area contributed by atoms with Gasteiger partial charge in [-0.15, -0.1) is 0 Å². The number of aromatic nitrogens is 1. The molecule has 0 bridgehead atoms. The van der Waals surface area contributed by atoms with Crippen molar-refractivity contribution in [1.29, 1.82) is 0 Å². The summed E-state index contributed by atoms with van der Waals surface area (Å²) in [6.07, 6.45) is 1.66. The zero-order chi connectivity index (χ0) is 21.8. The summed E-state index contributed by atoms with van der Waals surface area (Å²) in [5, 5.41) is 2.62. The van der Waals surface area contributed by atoms with Crippen molar-refractivity contribution < 1.29 is 14.0 Å². The van der Waals surface area contributed by atoms with Gasteiger partial charge < -0.3 is 14.3 Å². The Bertz CT molecular complexity index is 1020. The number of furan rings is 1. The number of likely N-dealkylation sites (N-methyl/N-ethyl adjacent to an activating group) is 1. The summed E-state index contributed by atoms with van der Waals surface area (Å²) >= 11 is 0. The van der Waals surface area contributed by atoms with Crippen LogP contribution >= 0.6 is 0 Å². The third-order valence-electron chi connectivity index (χ3n) is 5.65. The minimum atomic E-state index is -0.277. The van der Waals surface area contributed by atoms with Gasteiger partial charge in [-0.3, -0.25) is 14.5 Å². The summed E-state index contributed by atoms with van der Waals surface area (Å²) < 4.78 is 7.57. The molecule has 2 aromatic heterocycles. The van der Waals surface area contributed by atoms with E-state index in [0.717, 1.165) is 28.3 Å². The van der Waals surface area contributed by atoms with Crippen LogP contribution in [-0.2, 0) is 13.1 Å². The first-order chi connectivity index (χ1) is 14.3. The molecule has 1 amide bonds. The lowest BCUT2D eigenvalue weighted by atomic mass is 10.0. The fourth-order valence-corrected chi connectivity index (χ4v) is 3.61. The zero-order valence-corrected chi connectivity index (χ0v) is 18.2. The molecule has 2 heterocycles. The van der Waals surface area contributed by atoms with Gasteiger partial charge in [-0.1, -0.05) is 12.1 Å². The fraction of sp³-hybridized carbons (Fsp3) is 0.333. The Kier molecular flexibility index (Phi) is 6.57. The maximum Gasteiger partial charge on any atom is 0.251 e. The molecule has 0 aliphatic heterocycles. The maximum absolute atomic E-state index is 13.2. The first kappa shape index (κ1) is 21.6. The van der Waals surface area contributed by atoms with Crippen molar-refractivity contribution in [2.45, 2.75) is 39.9 Å². The van der Waals surface area contributed by atoms with Gasteiger partial charge in [0, 0.05) is 36.1 Å². The Morgan fingerprint density at radius 2 is 1.87 bits per heavy atom. The molecule has 1 atom stereocenters. The standard InChI is InChI=1S/C24H29N3O3/c1-16-13-22(17(2)27(16)15-21-7-6-12-30-21)23(28)18(3)26(5)14-19-8-10-20(11-9-19)24(29)25-4/h6-13,18H,14-15H2,1-5H3,(H,25,29)/t18-/m0/s1. The molecule has 3 aromatic rings. The second kappa shape index (κ2) is 9.13. The second-order valence-corrected chi connectivity index (χ2v) is 7.68. The summed E-state index contributed by atoms with van der Waals surface area (Å²) in [7, 11) is 3.56. The molecule has 0 aliphatic rings. The van der Waals surface area contributed by atoms with Crippen molar-refractivity contribution in [3.63, 3.8) is 0 Å². The molecule has 3 rings (SSSR count). The number of nitrogens with one attached hydrogen (secondary N) is 1. The van der Waals surface area contributed by atoms with Crippen LogP contribution in [0.25, 0.3) is 0 Å². The molecule has 0 aliphatic carbocycles. The first-order valence-electron chi connectivity index (χ1n) is 10.1. The Morgan fingerprint density at radius 1 is 1.17 bits per heavy atom. The lowest BCUT2D eigenvalue weighted by Gasteiger charge is -2.24. The molecular formula is C24H29N3O3. The minimum Gasteiger partial charge on any atom is -0.467 e. The number of benzene rings is 1. The summed E-state index contributed by atoms with van der Waals surface area (Å²) in [4.78, 5) is 26.9. The van der Waals surface area contributed by atoms with Gasteiger partial charge in [-0.05, 0) is 63.7 Å². The van der Waals surface area contributed by atoms with E-state index in [2.05, 4.69) is 9.88 Å². The number of aryl methyl sites for hydroxylation is 1. The molecule has 0 radical (unpaired) electrons. The molecule has 1 aromatic carbocycles. The molecule has 0 saturated carbocycles. The van der Waals surface area contributed by atoms with Crippen LogP contribution in [0.3, 0.4) is 0 Å². The molecule has 30 heavy (non-hydrogen) atoms. The zero-order valence-electron chi connectivity index (χ0n) is 18.2. The smallest absolute Gasteiger partial charge is 0.251 e. The normalized spacial score (nSPS) is 12.2. The van der Waals surface area contributed by atoms with Crippen LogP contribution in [0.15, 0.2) is 53.1 Å². The van der Waals surface area contributed by atoms with E-state index >= 15 is 0 Å². The molecule has 6 nitrogen and oxygen atoms in total. The number of carbonyl (C=O) groups is 2. The Labute approximate surface area is 177 Å². The number of ketones is 1. The van der Waals surface area contributed by atoms with E-state index in [1.165, 1.54) is 0 Å². The van der Waals surface area contributed by atoms with Gasteiger partial charge in [0.15, 0.2) is 5.78 Å². The number of rotatable bonds is 8. The number of hydrogen-bond acceptors (Lipinski definition) is 4. The molecule has 0 saturated heterocycles. The highest BCUT2D eigenvalue weighted by Crippen LogP contribution is 2.21. The van der Waals surface area contributed by atoms with Crippen LogP contribution in [0, 0.1) is 13.8 Å². The van der Waals surface area contributed by atoms with E-state index in [4.69, 9.17) is 4.42 Å². The third-order valence-corrected chi connectivity index (χ3v) is 5.65. The topological polar surface area (TPSA) is 67.5 Å². The van der Waals surface area contributed by atoms with Gasteiger partial charge >= 0.3 is 0 Å². The Balaban J connectivity index is 1.71. The maximum atomic E-state index is 13.2. The van der Waals surface area contributed by atoms with Crippen LogP contribution in [0.2, 0.25) is 0 Å². The highest BCUT2D eigenvalue weighted by Gasteiger charge is 2.24. The van der Waals surface area contributed by atoms with Crippen molar-refractivity contribution in [3.8, 4) is 0 Å². The van der Waals surface area contributed by atoms with Crippen LogP contribution in [-0.4, -0.2) is 41.3 Å². The number of Topliss-reactive ketones (excluding diaryl/α,β-unsaturated/α-hetero) is 1. The van der Waals surface area contributed by atoms with Gasteiger partial charge in [0.25, 0.3) is 5.91 Å². The van der Waals surface area contributed by atoms with Crippen molar-refractivity contribution >= 4 is 11.7 Å². The minimum absolute atomic E-state index is 0.0956. The highest BCUT2D eigenvalue weighted by molar-refractivity contribution is 6.01. The van der Waals surface area contributed by atoms with Gasteiger partial charge in [0.1, 0.15) is 5.76 Å². The van der Waals surface area contributed by atoms with Crippen LogP contribution < -0.4 is 5.32 Å². The van der Waals surface area contributed by atoms with E-state index in [0.29, 0.717) is 18.7 Å². The van der Waals surface area contributed by atoms with Gasteiger partial charge in [0.2, 0.25) is 0 Å². The quantitative estimate of drug-likeness (QED) is 0.577. The molecule has 158 valence electrons. The average Bonchev–Trinajstić information content (AvgIpc) is 3.36. The van der Waals surface area contributed by atoms with Crippen molar-refractivity contribution in [2.75, 3.05) is 14.1 Å². The molecule has 0 unspecified atom stereocenters. The van der Waals surface area contributed by atoms with E-state index in [1.807, 2.05) is 63.1 Å². The first-order valence-corrected chi connectivity index (χ1v) is 10.1. The van der Waals surface area contributed by atoms with Gasteiger partial charge in [-0.2, -0.15) is 0 Å². The van der Waals surface area contributed by atoms with Crippen molar-refractivity contribution in [3.05, 3.63) is 82.6 Å². The number of nitrogens with zero attached hydrogens (tertiary/aromatic N) is 2. The van der Waals surface area contributed by atoms with Crippen LogP contribution in [0.1, 0.15) is 50.4 Å². The van der Waals surface area contributed by atoms with E-state index in [9.17, 15) is 9.59 Å². The van der Waals surface area contributed by atoms with Crippen LogP contribution in [0.4, 0.5) is 0 Å². The number of carbonyl (C=O) groups excluding carboxylic acids is 2. The van der Waals surface area contributed by atoms with E-state index in [1.54, 1.807) is 25.4 Å². The van der Waals surface area contributed by atoms with E-state index < -0.39 is 0 Å². The molecule has 1 N–H and O–H groups in total. The number of hydrogen-bond donors (Lipinski definition) is 1. The third kappa shape index (κ3) is 4.54. The largest absolute Gasteiger partial charge is 0.467 e. The van der Waals surface area contributed by atoms with Crippen molar-refractivity contribution in [2.24, 2.45) is 0 Å². The average molecular weight is 408 g/mol. The van der Waals surface area contributed by atoms with Gasteiger partial charge in [-0.25, -0.2) is 0 Å². The fourth-order valence-electron chi connectivity index (χ4n) is 3.61. The molecule has 0 fully saturated rings. The second-order valence-electron chi connectivity index (χ2n) is 7.68. The molecule has 0 spiro atoms. The summed E-state index contributed by atoms with van der Waals surface area (Å²) in [6.45, 7) is 7.15. The van der Waals surface area contributed by atoms with Crippen LogP contribution in [0.5, 0.6) is 0 Å². The summed E-state index contributed by atoms with van der Waals surface area (Å²) in [6, 6.07) is 12.9. The monoisotopic (exact) mass is 407 g/mol. The van der Waals surface area contributed by atoms with Crippen molar-refractivity contribution in [1.82, 2.24) is 14.8 Å².